The van der Waals surface area contributed by atoms with Gasteiger partial charge in [0.25, 0.3) is 5.91 Å². The Morgan fingerprint density at radius 2 is 1.90 bits per heavy atom. The van der Waals surface area contributed by atoms with Crippen molar-refractivity contribution < 1.29 is 18.3 Å². The molecule has 118 valence electrons. The summed E-state index contributed by atoms with van der Waals surface area (Å²) < 4.78 is 23.1. The van der Waals surface area contributed by atoms with Crippen molar-refractivity contribution in [2.45, 2.75) is 30.6 Å². The van der Waals surface area contributed by atoms with Crippen molar-refractivity contribution in [3.05, 3.63) is 28.8 Å². The van der Waals surface area contributed by atoms with Crippen LogP contribution in [0.3, 0.4) is 0 Å². The number of amides is 1. The van der Waals surface area contributed by atoms with Gasteiger partial charge < -0.3 is 10.4 Å². The standard InChI is InChI=1S/C14H20ClNO4S/c1-21(19,20)13-10-11(6-7-12(13)15)14(18)16-8-4-2-3-5-9-17/h6-7,10,17H,2-5,8-9H2,1H3,(H,16,18). The molecular weight excluding hydrogens is 314 g/mol. The van der Waals surface area contributed by atoms with Gasteiger partial charge in [0.05, 0.1) is 9.92 Å². The third-order valence-corrected chi connectivity index (χ3v) is 4.54. The molecule has 0 atom stereocenters. The van der Waals surface area contributed by atoms with Gasteiger partial charge in [-0.1, -0.05) is 24.4 Å². The van der Waals surface area contributed by atoms with Crippen molar-refractivity contribution in [3.8, 4) is 0 Å². The van der Waals surface area contributed by atoms with Gasteiger partial charge in [0, 0.05) is 25.0 Å². The number of carbonyl (C=O) groups is 1. The molecule has 0 aliphatic rings. The molecule has 0 bridgehead atoms. The summed E-state index contributed by atoms with van der Waals surface area (Å²) in [6, 6.07) is 4.20. The first-order chi connectivity index (χ1) is 9.86. The predicted molar refractivity (Wildman–Crippen MR) is 82.4 cm³/mol. The monoisotopic (exact) mass is 333 g/mol. The highest BCUT2D eigenvalue weighted by Gasteiger charge is 2.15. The maximum absolute atomic E-state index is 11.9. The highest BCUT2D eigenvalue weighted by molar-refractivity contribution is 7.90. The van der Waals surface area contributed by atoms with Crippen LogP contribution in [-0.4, -0.2) is 38.8 Å². The fraction of sp³-hybridized carbons (Fsp3) is 0.500. The van der Waals surface area contributed by atoms with Crippen LogP contribution in [-0.2, 0) is 9.84 Å². The summed E-state index contributed by atoms with van der Waals surface area (Å²) in [5.41, 5.74) is 0.273. The van der Waals surface area contributed by atoms with Crippen LogP contribution in [0.25, 0.3) is 0 Å². The first-order valence-corrected chi connectivity index (χ1v) is 9.02. The van der Waals surface area contributed by atoms with Gasteiger partial charge in [-0.3, -0.25) is 4.79 Å². The van der Waals surface area contributed by atoms with Crippen molar-refractivity contribution >= 4 is 27.3 Å². The third kappa shape index (κ3) is 6.03. The average molecular weight is 334 g/mol. The van der Waals surface area contributed by atoms with Gasteiger partial charge in [-0.25, -0.2) is 8.42 Å². The Kier molecular flexibility index (Phi) is 7.14. The van der Waals surface area contributed by atoms with Gasteiger partial charge in [-0.2, -0.15) is 0 Å². The molecule has 1 rings (SSSR count). The van der Waals surface area contributed by atoms with Crippen molar-refractivity contribution in [2.24, 2.45) is 0 Å². The SMILES string of the molecule is CS(=O)(=O)c1cc(C(=O)NCCCCCCO)ccc1Cl. The molecule has 0 unspecified atom stereocenters. The second kappa shape index (κ2) is 8.36. The van der Waals surface area contributed by atoms with E-state index < -0.39 is 9.84 Å². The Morgan fingerprint density at radius 1 is 1.24 bits per heavy atom. The maximum Gasteiger partial charge on any atom is 0.251 e. The fourth-order valence-electron chi connectivity index (χ4n) is 1.82. The van der Waals surface area contributed by atoms with Crippen LogP contribution in [0.1, 0.15) is 36.0 Å². The Morgan fingerprint density at radius 3 is 2.52 bits per heavy atom. The molecule has 2 N–H and O–H groups in total. The summed E-state index contributed by atoms with van der Waals surface area (Å²) in [4.78, 5) is 11.9. The van der Waals surface area contributed by atoms with E-state index in [-0.39, 0.29) is 28.0 Å². The van der Waals surface area contributed by atoms with E-state index in [1.165, 1.54) is 18.2 Å². The summed E-state index contributed by atoms with van der Waals surface area (Å²) in [7, 11) is -3.46. The minimum absolute atomic E-state index is 0.0419. The smallest absolute Gasteiger partial charge is 0.251 e. The lowest BCUT2D eigenvalue weighted by Gasteiger charge is -2.07. The summed E-state index contributed by atoms with van der Waals surface area (Å²) in [5, 5.41) is 11.5. The zero-order valence-corrected chi connectivity index (χ0v) is 13.5. The number of hydrogen-bond acceptors (Lipinski definition) is 4. The molecule has 1 aromatic rings. The third-order valence-electron chi connectivity index (χ3n) is 2.96. The molecule has 0 radical (unpaired) electrons. The van der Waals surface area contributed by atoms with Crippen LogP contribution < -0.4 is 5.32 Å². The number of hydrogen-bond donors (Lipinski definition) is 2. The number of nitrogens with one attached hydrogen (secondary N) is 1. The highest BCUT2D eigenvalue weighted by Crippen LogP contribution is 2.22. The number of aliphatic hydroxyl groups excluding tert-OH is 1. The van der Waals surface area contributed by atoms with E-state index >= 15 is 0 Å². The topological polar surface area (TPSA) is 83.5 Å². The van der Waals surface area contributed by atoms with Gasteiger partial charge >= 0.3 is 0 Å². The fourth-order valence-corrected chi connectivity index (χ4v) is 3.12. The number of sulfone groups is 1. The van der Waals surface area contributed by atoms with E-state index in [1.807, 2.05) is 0 Å². The number of halogens is 1. The van der Waals surface area contributed by atoms with Gasteiger partial charge in [0.15, 0.2) is 9.84 Å². The molecular formula is C14H20ClNO4S. The average Bonchev–Trinajstić information content (AvgIpc) is 2.41. The Bertz CT molecular complexity index is 587. The number of rotatable bonds is 8. The van der Waals surface area contributed by atoms with Gasteiger partial charge in [-0.15, -0.1) is 0 Å². The van der Waals surface area contributed by atoms with Crippen molar-refractivity contribution in [1.29, 1.82) is 0 Å². The van der Waals surface area contributed by atoms with Gasteiger partial charge in [0.1, 0.15) is 0 Å². The number of carbonyl (C=O) groups excluding carboxylic acids is 1. The molecule has 0 saturated carbocycles. The zero-order chi connectivity index (χ0) is 15.9. The molecule has 0 fully saturated rings. The highest BCUT2D eigenvalue weighted by atomic mass is 35.5. The molecule has 0 aliphatic carbocycles. The van der Waals surface area contributed by atoms with Crippen LogP contribution in [0.2, 0.25) is 5.02 Å². The molecule has 0 aromatic heterocycles. The summed E-state index contributed by atoms with van der Waals surface area (Å²) in [5.74, 6) is -0.321. The molecule has 21 heavy (non-hydrogen) atoms. The van der Waals surface area contributed by atoms with Gasteiger partial charge in [0.2, 0.25) is 0 Å². The van der Waals surface area contributed by atoms with E-state index in [4.69, 9.17) is 16.7 Å². The maximum atomic E-state index is 11.9. The molecule has 5 nitrogen and oxygen atoms in total. The molecule has 0 spiro atoms. The summed E-state index contributed by atoms with van der Waals surface area (Å²) in [6.07, 6.45) is 4.49. The van der Waals surface area contributed by atoms with Crippen LogP contribution in [0.5, 0.6) is 0 Å². The first-order valence-electron chi connectivity index (χ1n) is 6.75. The second-order valence-electron chi connectivity index (χ2n) is 4.81. The van der Waals surface area contributed by atoms with E-state index in [0.717, 1.165) is 31.9 Å². The zero-order valence-electron chi connectivity index (χ0n) is 11.9. The van der Waals surface area contributed by atoms with Crippen LogP contribution in [0, 0.1) is 0 Å². The summed E-state index contributed by atoms with van der Waals surface area (Å²) >= 11 is 5.83. The lowest BCUT2D eigenvalue weighted by atomic mass is 10.2. The second-order valence-corrected chi connectivity index (χ2v) is 7.20. The van der Waals surface area contributed by atoms with Crippen LogP contribution in [0.15, 0.2) is 23.1 Å². The van der Waals surface area contributed by atoms with E-state index in [1.54, 1.807) is 0 Å². The molecule has 0 heterocycles. The lowest BCUT2D eigenvalue weighted by molar-refractivity contribution is 0.0952. The molecule has 1 amide bonds. The largest absolute Gasteiger partial charge is 0.396 e. The minimum atomic E-state index is -3.46. The number of aliphatic hydroxyl groups is 1. The minimum Gasteiger partial charge on any atom is -0.396 e. The Hall–Kier alpha value is -1.11. The molecule has 0 aliphatic heterocycles. The van der Waals surface area contributed by atoms with Crippen LogP contribution >= 0.6 is 11.6 Å². The predicted octanol–water partition coefficient (Wildman–Crippen LogP) is 2.03. The molecule has 0 saturated heterocycles. The Balaban J connectivity index is 2.59. The van der Waals surface area contributed by atoms with E-state index in [9.17, 15) is 13.2 Å². The molecule has 7 heteroatoms. The lowest BCUT2D eigenvalue weighted by Crippen LogP contribution is -2.24. The first kappa shape index (κ1) is 17.9. The number of benzene rings is 1. The summed E-state index contributed by atoms with van der Waals surface area (Å²) in [6.45, 7) is 0.701. The number of unbranched alkanes of at least 4 members (excludes halogenated alkanes) is 3. The van der Waals surface area contributed by atoms with Crippen molar-refractivity contribution in [2.75, 3.05) is 19.4 Å². The Labute approximate surface area is 130 Å². The molecule has 1 aromatic carbocycles. The van der Waals surface area contributed by atoms with E-state index in [2.05, 4.69) is 5.32 Å². The quantitative estimate of drug-likeness (QED) is 0.713. The van der Waals surface area contributed by atoms with E-state index in [0.29, 0.717) is 6.54 Å². The van der Waals surface area contributed by atoms with Crippen LogP contribution in [0.4, 0.5) is 0 Å². The van der Waals surface area contributed by atoms with Crippen molar-refractivity contribution in [1.82, 2.24) is 5.32 Å². The normalized spacial score (nSPS) is 11.4. The van der Waals surface area contributed by atoms with Gasteiger partial charge in [-0.05, 0) is 31.0 Å². The van der Waals surface area contributed by atoms with Crippen molar-refractivity contribution in [3.63, 3.8) is 0 Å².